The minimum atomic E-state index is -3.78. The molecule has 0 spiro atoms. The van der Waals surface area contributed by atoms with Gasteiger partial charge in [0.2, 0.25) is 15.9 Å². The molecule has 1 aromatic rings. The largest absolute Gasteiger partial charge is 0.389 e. The van der Waals surface area contributed by atoms with Crippen molar-refractivity contribution in [2.24, 2.45) is 5.73 Å². The van der Waals surface area contributed by atoms with Crippen molar-refractivity contribution in [1.82, 2.24) is 10.0 Å². The molecule has 1 amide bonds. The predicted octanol–water partition coefficient (Wildman–Crippen LogP) is 0.512. The first-order valence-electron chi connectivity index (χ1n) is 6.36. The lowest BCUT2D eigenvalue weighted by Gasteiger charge is -2.16. The van der Waals surface area contributed by atoms with E-state index in [4.69, 9.17) is 18.0 Å². The molecule has 0 bridgehead atoms. The van der Waals surface area contributed by atoms with Gasteiger partial charge >= 0.3 is 0 Å². The second kappa shape index (κ2) is 6.97. The van der Waals surface area contributed by atoms with Crippen molar-refractivity contribution in [2.75, 3.05) is 0 Å². The lowest BCUT2D eigenvalue weighted by Crippen LogP contribution is -2.46. The second-order valence-electron chi connectivity index (χ2n) is 4.89. The molecule has 0 radical (unpaired) electrons. The van der Waals surface area contributed by atoms with Gasteiger partial charge < -0.3 is 11.1 Å². The van der Waals surface area contributed by atoms with Gasteiger partial charge in [0.1, 0.15) is 4.99 Å². The Morgan fingerprint density at radius 2 is 1.71 bits per heavy atom. The van der Waals surface area contributed by atoms with Crippen LogP contribution in [0.4, 0.5) is 0 Å². The van der Waals surface area contributed by atoms with E-state index in [2.05, 4.69) is 10.0 Å². The van der Waals surface area contributed by atoms with Crippen molar-refractivity contribution in [3.8, 4) is 0 Å². The molecule has 4 N–H and O–H groups in total. The molecule has 0 saturated heterocycles. The highest BCUT2D eigenvalue weighted by molar-refractivity contribution is 7.89. The standard InChI is InChI=1S/C13H19N3O3S2/c1-8(2)15-13(17)9(3)16-21(18,19)11-6-4-10(5-7-11)12(14)20/h4-9,16H,1-3H3,(H2,14,20)(H,15,17). The summed E-state index contributed by atoms with van der Waals surface area (Å²) in [5.74, 6) is -0.381. The molecule has 116 valence electrons. The van der Waals surface area contributed by atoms with Gasteiger partial charge in [-0.15, -0.1) is 0 Å². The smallest absolute Gasteiger partial charge is 0.241 e. The molecule has 1 atom stereocenters. The summed E-state index contributed by atoms with van der Waals surface area (Å²) in [7, 11) is -3.78. The van der Waals surface area contributed by atoms with Crippen molar-refractivity contribution in [3.05, 3.63) is 29.8 Å². The maximum absolute atomic E-state index is 12.2. The number of nitrogens with two attached hydrogens (primary N) is 1. The summed E-state index contributed by atoms with van der Waals surface area (Å²) >= 11 is 4.80. The number of hydrogen-bond donors (Lipinski definition) is 3. The zero-order valence-electron chi connectivity index (χ0n) is 12.1. The van der Waals surface area contributed by atoms with Gasteiger partial charge in [0.05, 0.1) is 10.9 Å². The average molecular weight is 329 g/mol. The van der Waals surface area contributed by atoms with Crippen LogP contribution < -0.4 is 15.8 Å². The van der Waals surface area contributed by atoms with Crippen molar-refractivity contribution < 1.29 is 13.2 Å². The zero-order chi connectivity index (χ0) is 16.2. The number of carbonyl (C=O) groups is 1. The zero-order valence-corrected chi connectivity index (χ0v) is 13.7. The van der Waals surface area contributed by atoms with Gasteiger partial charge in [0.25, 0.3) is 0 Å². The number of rotatable bonds is 6. The van der Waals surface area contributed by atoms with E-state index in [1.54, 1.807) is 13.8 Å². The van der Waals surface area contributed by atoms with Crippen LogP contribution in [0.3, 0.4) is 0 Å². The van der Waals surface area contributed by atoms with E-state index in [-0.39, 0.29) is 21.8 Å². The first kappa shape index (κ1) is 17.5. The third kappa shape index (κ3) is 5.07. The molecular weight excluding hydrogens is 310 g/mol. The maximum atomic E-state index is 12.2. The summed E-state index contributed by atoms with van der Waals surface area (Å²) in [5.41, 5.74) is 6.03. The minimum absolute atomic E-state index is 0.0479. The Morgan fingerprint density at radius 3 is 2.14 bits per heavy atom. The van der Waals surface area contributed by atoms with Crippen molar-refractivity contribution in [1.29, 1.82) is 0 Å². The molecule has 1 unspecified atom stereocenters. The maximum Gasteiger partial charge on any atom is 0.241 e. The summed E-state index contributed by atoms with van der Waals surface area (Å²) in [4.78, 5) is 12.0. The van der Waals surface area contributed by atoms with Crippen LogP contribution in [-0.4, -0.2) is 31.4 Å². The molecule has 1 rings (SSSR count). The monoisotopic (exact) mass is 329 g/mol. The Hall–Kier alpha value is -1.51. The molecule has 0 heterocycles. The second-order valence-corrected chi connectivity index (χ2v) is 7.05. The summed E-state index contributed by atoms with van der Waals surface area (Å²) in [6, 6.07) is 4.90. The molecule has 0 saturated carbocycles. The third-order valence-corrected chi connectivity index (χ3v) is 4.40. The van der Waals surface area contributed by atoms with Crippen molar-refractivity contribution in [3.63, 3.8) is 0 Å². The number of amides is 1. The molecule has 0 aliphatic carbocycles. The molecule has 0 aromatic heterocycles. The number of sulfonamides is 1. The van der Waals surface area contributed by atoms with E-state index in [0.717, 1.165) is 0 Å². The number of thiocarbonyl (C=S) groups is 1. The van der Waals surface area contributed by atoms with Crippen LogP contribution >= 0.6 is 12.2 Å². The van der Waals surface area contributed by atoms with E-state index < -0.39 is 16.1 Å². The predicted molar refractivity (Wildman–Crippen MR) is 85.4 cm³/mol. The van der Waals surface area contributed by atoms with E-state index in [0.29, 0.717) is 5.56 Å². The molecule has 0 aliphatic rings. The van der Waals surface area contributed by atoms with Gasteiger partial charge in [-0.2, -0.15) is 4.72 Å². The number of hydrogen-bond acceptors (Lipinski definition) is 4. The molecular formula is C13H19N3O3S2. The molecule has 21 heavy (non-hydrogen) atoms. The average Bonchev–Trinajstić information content (AvgIpc) is 2.37. The van der Waals surface area contributed by atoms with Crippen LogP contribution in [0.1, 0.15) is 26.3 Å². The van der Waals surface area contributed by atoms with Gasteiger partial charge in [0.15, 0.2) is 0 Å². The fourth-order valence-electron chi connectivity index (χ4n) is 1.56. The van der Waals surface area contributed by atoms with Gasteiger partial charge in [-0.3, -0.25) is 4.79 Å². The van der Waals surface area contributed by atoms with Gasteiger partial charge in [0, 0.05) is 11.6 Å². The fourth-order valence-corrected chi connectivity index (χ4v) is 2.90. The lowest BCUT2D eigenvalue weighted by atomic mass is 10.2. The highest BCUT2D eigenvalue weighted by Crippen LogP contribution is 2.11. The van der Waals surface area contributed by atoms with Crippen LogP contribution in [0.5, 0.6) is 0 Å². The highest BCUT2D eigenvalue weighted by atomic mass is 32.2. The first-order chi connectivity index (χ1) is 9.63. The molecule has 0 aliphatic heterocycles. The summed E-state index contributed by atoms with van der Waals surface area (Å²) in [6.07, 6.45) is 0. The molecule has 8 heteroatoms. The SMILES string of the molecule is CC(C)NC(=O)C(C)NS(=O)(=O)c1ccc(C(N)=S)cc1. The Kier molecular flexibility index (Phi) is 5.82. The third-order valence-electron chi connectivity index (χ3n) is 2.61. The van der Waals surface area contributed by atoms with Gasteiger partial charge in [-0.25, -0.2) is 8.42 Å². The number of nitrogens with one attached hydrogen (secondary N) is 2. The number of benzene rings is 1. The van der Waals surface area contributed by atoms with Gasteiger partial charge in [-0.05, 0) is 32.9 Å². The molecule has 1 aromatic carbocycles. The Balaban J connectivity index is 2.86. The van der Waals surface area contributed by atoms with Crippen molar-refractivity contribution >= 4 is 33.1 Å². The van der Waals surface area contributed by atoms with Crippen LogP contribution in [0.25, 0.3) is 0 Å². The highest BCUT2D eigenvalue weighted by Gasteiger charge is 2.22. The van der Waals surface area contributed by atoms with Crippen LogP contribution in [0.15, 0.2) is 29.2 Å². The normalized spacial score (nSPS) is 13.0. The number of carbonyl (C=O) groups excluding carboxylic acids is 1. The molecule has 0 fully saturated rings. The summed E-state index contributed by atoms with van der Waals surface area (Å²) < 4.78 is 26.6. The van der Waals surface area contributed by atoms with E-state index in [1.165, 1.54) is 31.2 Å². The topological polar surface area (TPSA) is 101 Å². The first-order valence-corrected chi connectivity index (χ1v) is 8.25. The molecule has 6 nitrogen and oxygen atoms in total. The van der Waals surface area contributed by atoms with Crippen molar-refractivity contribution in [2.45, 2.75) is 37.8 Å². The summed E-state index contributed by atoms with van der Waals surface area (Å²) in [6.45, 7) is 5.08. The van der Waals surface area contributed by atoms with Crippen LogP contribution in [0.2, 0.25) is 0 Å². The summed E-state index contributed by atoms with van der Waals surface area (Å²) in [5, 5.41) is 2.64. The Labute approximate surface area is 130 Å². The fraction of sp³-hybridized carbons (Fsp3) is 0.385. The minimum Gasteiger partial charge on any atom is -0.389 e. The van der Waals surface area contributed by atoms with Crippen LogP contribution in [-0.2, 0) is 14.8 Å². The Bertz CT molecular complexity index is 625. The Morgan fingerprint density at radius 1 is 1.19 bits per heavy atom. The quantitative estimate of drug-likeness (QED) is 0.660. The van der Waals surface area contributed by atoms with E-state index in [9.17, 15) is 13.2 Å². The van der Waals surface area contributed by atoms with Gasteiger partial charge in [-0.1, -0.05) is 24.4 Å². The lowest BCUT2D eigenvalue weighted by molar-refractivity contribution is -0.122. The van der Waals surface area contributed by atoms with E-state index in [1.807, 2.05) is 0 Å². The van der Waals surface area contributed by atoms with E-state index >= 15 is 0 Å². The van der Waals surface area contributed by atoms with Crippen LogP contribution in [0, 0.1) is 0 Å².